The topological polar surface area (TPSA) is 52.2 Å². The number of rotatable bonds is 2. The average Bonchev–Trinajstić information content (AvgIpc) is 3.06. The number of carbonyl (C=O) groups excluding carboxylic acids is 1. The van der Waals surface area contributed by atoms with Gasteiger partial charge in [-0.15, -0.1) is 0 Å². The molecule has 2 heterocycles. The second-order valence-corrected chi connectivity index (χ2v) is 7.42. The van der Waals surface area contributed by atoms with E-state index in [0.717, 1.165) is 11.2 Å². The van der Waals surface area contributed by atoms with Crippen LogP contribution in [0.4, 0.5) is 0 Å². The Morgan fingerprint density at radius 2 is 1.88 bits per heavy atom. The SMILES string of the molecule is Cc1ccc(C)c2c1sc(=NC(=O)c1cc(C)n(C(C)C)n1)n2C. The van der Waals surface area contributed by atoms with E-state index in [-0.39, 0.29) is 11.9 Å². The predicted octanol–water partition coefficient (Wildman–Crippen LogP) is 3.68. The molecule has 1 aromatic carbocycles. The molecule has 1 amide bonds. The highest BCUT2D eigenvalue weighted by Crippen LogP contribution is 2.24. The van der Waals surface area contributed by atoms with E-state index in [2.05, 4.69) is 36.1 Å². The minimum Gasteiger partial charge on any atom is -0.319 e. The van der Waals surface area contributed by atoms with Crippen LogP contribution in [0.5, 0.6) is 0 Å². The third kappa shape index (κ3) is 2.71. The fourth-order valence-electron chi connectivity index (χ4n) is 2.93. The average molecular weight is 342 g/mol. The molecule has 3 rings (SSSR count). The summed E-state index contributed by atoms with van der Waals surface area (Å²) in [6, 6.07) is 6.23. The molecular weight excluding hydrogens is 320 g/mol. The van der Waals surface area contributed by atoms with Gasteiger partial charge in [-0.25, -0.2) is 0 Å². The van der Waals surface area contributed by atoms with Gasteiger partial charge < -0.3 is 4.57 Å². The molecule has 0 saturated heterocycles. The molecule has 0 aliphatic carbocycles. The van der Waals surface area contributed by atoms with Crippen LogP contribution in [0.1, 0.15) is 47.2 Å². The summed E-state index contributed by atoms with van der Waals surface area (Å²) < 4.78 is 5.02. The van der Waals surface area contributed by atoms with Crippen LogP contribution in [-0.2, 0) is 7.05 Å². The largest absolute Gasteiger partial charge is 0.319 e. The molecule has 0 aliphatic heterocycles. The number of benzene rings is 1. The van der Waals surface area contributed by atoms with Gasteiger partial charge in [0.25, 0.3) is 5.91 Å². The smallest absolute Gasteiger partial charge is 0.300 e. The second-order valence-electron chi connectivity index (χ2n) is 6.45. The summed E-state index contributed by atoms with van der Waals surface area (Å²) in [7, 11) is 1.95. The summed E-state index contributed by atoms with van der Waals surface area (Å²) in [5.41, 5.74) is 4.88. The van der Waals surface area contributed by atoms with Gasteiger partial charge in [0.2, 0.25) is 0 Å². The zero-order valence-corrected chi connectivity index (χ0v) is 15.7. The predicted molar refractivity (Wildman–Crippen MR) is 97.5 cm³/mol. The highest BCUT2D eigenvalue weighted by Gasteiger charge is 2.14. The Labute approximate surface area is 145 Å². The zero-order chi connectivity index (χ0) is 17.6. The maximum Gasteiger partial charge on any atom is 0.300 e. The molecule has 24 heavy (non-hydrogen) atoms. The Kier molecular flexibility index (Phi) is 4.17. The first-order valence-corrected chi connectivity index (χ1v) is 8.82. The van der Waals surface area contributed by atoms with Crippen LogP contribution in [0.25, 0.3) is 10.2 Å². The molecule has 0 fully saturated rings. The molecule has 6 heteroatoms. The number of fused-ring (bicyclic) bond motifs is 1. The molecule has 0 saturated carbocycles. The molecule has 2 aromatic heterocycles. The number of hydrogen-bond acceptors (Lipinski definition) is 3. The Bertz CT molecular complexity index is 1000. The van der Waals surface area contributed by atoms with Crippen LogP contribution in [0.2, 0.25) is 0 Å². The van der Waals surface area contributed by atoms with E-state index < -0.39 is 0 Å². The van der Waals surface area contributed by atoms with E-state index in [9.17, 15) is 4.79 Å². The number of carbonyl (C=O) groups is 1. The number of nitrogens with zero attached hydrogens (tertiary/aromatic N) is 4. The Morgan fingerprint density at radius 1 is 1.21 bits per heavy atom. The van der Waals surface area contributed by atoms with Gasteiger partial charge in [0.15, 0.2) is 10.5 Å². The summed E-state index contributed by atoms with van der Waals surface area (Å²) in [6.45, 7) is 10.2. The summed E-state index contributed by atoms with van der Waals surface area (Å²) in [5, 5.41) is 4.39. The van der Waals surface area contributed by atoms with Crippen LogP contribution in [0.3, 0.4) is 0 Å². The van der Waals surface area contributed by atoms with Crippen LogP contribution in [0, 0.1) is 20.8 Å². The summed E-state index contributed by atoms with van der Waals surface area (Å²) >= 11 is 1.55. The van der Waals surface area contributed by atoms with E-state index in [1.54, 1.807) is 17.4 Å². The Morgan fingerprint density at radius 3 is 2.46 bits per heavy atom. The number of thiazole rings is 1. The first kappa shape index (κ1) is 16.6. The summed E-state index contributed by atoms with van der Waals surface area (Å²) in [4.78, 5) is 17.6. The molecule has 0 aliphatic rings. The lowest BCUT2D eigenvalue weighted by Crippen LogP contribution is -2.14. The van der Waals surface area contributed by atoms with Gasteiger partial charge in [0.05, 0.1) is 10.2 Å². The third-order valence-electron chi connectivity index (χ3n) is 4.17. The van der Waals surface area contributed by atoms with Crippen molar-refractivity contribution in [3.05, 3.63) is 45.5 Å². The zero-order valence-electron chi connectivity index (χ0n) is 14.9. The number of aromatic nitrogens is 3. The van der Waals surface area contributed by atoms with Crippen LogP contribution >= 0.6 is 11.3 Å². The first-order chi connectivity index (χ1) is 11.3. The van der Waals surface area contributed by atoms with E-state index in [1.165, 1.54) is 15.8 Å². The Hall–Kier alpha value is -2.21. The van der Waals surface area contributed by atoms with E-state index in [1.807, 2.05) is 37.1 Å². The quantitative estimate of drug-likeness (QED) is 0.713. The lowest BCUT2D eigenvalue weighted by Gasteiger charge is -2.06. The molecule has 0 spiro atoms. The molecule has 3 aromatic rings. The normalized spacial score (nSPS) is 12.5. The molecule has 0 N–H and O–H groups in total. The van der Waals surface area contributed by atoms with Crippen molar-refractivity contribution < 1.29 is 4.79 Å². The Balaban J connectivity index is 2.12. The summed E-state index contributed by atoms with van der Waals surface area (Å²) in [5.74, 6) is -0.296. The highest BCUT2D eigenvalue weighted by molar-refractivity contribution is 7.16. The van der Waals surface area contributed by atoms with E-state index in [4.69, 9.17) is 0 Å². The van der Waals surface area contributed by atoms with Crippen LogP contribution in [-0.4, -0.2) is 20.3 Å². The summed E-state index contributed by atoms with van der Waals surface area (Å²) in [6.07, 6.45) is 0. The van der Waals surface area contributed by atoms with E-state index >= 15 is 0 Å². The van der Waals surface area contributed by atoms with Crippen LogP contribution in [0.15, 0.2) is 23.2 Å². The van der Waals surface area contributed by atoms with Crippen molar-refractivity contribution in [1.29, 1.82) is 0 Å². The lowest BCUT2D eigenvalue weighted by molar-refractivity contribution is 0.0992. The van der Waals surface area contributed by atoms with Crippen molar-refractivity contribution >= 4 is 27.5 Å². The monoisotopic (exact) mass is 342 g/mol. The van der Waals surface area contributed by atoms with Crippen LogP contribution < -0.4 is 4.80 Å². The van der Waals surface area contributed by atoms with Gasteiger partial charge in [-0.05, 0) is 51.8 Å². The van der Waals surface area contributed by atoms with Gasteiger partial charge in [-0.1, -0.05) is 23.5 Å². The molecule has 5 nitrogen and oxygen atoms in total. The van der Waals surface area contributed by atoms with Crippen molar-refractivity contribution in [1.82, 2.24) is 14.3 Å². The minimum atomic E-state index is -0.296. The number of amides is 1. The van der Waals surface area contributed by atoms with Gasteiger partial charge in [-0.3, -0.25) is 9.48 Å². The minimum absolute atomic E-state index is 0.220. The fourth-order valence-corrected chi connectivity index (χ4v) is 4.09. The number of aryl methyl sites for hydroxylation is 4. The molecule has 0 radical (unpaired) electrons. The van der Waals surface area contributed by atoms with Gasteiger partial charge in [-0.2, -0.15) is 10.1 Å². The van der Waals surface area contributed by atoms with Crippen molar-refractivity contribution in [2.24, 2.45) is 12.0 Å². The molecule has 126 valence electrons. The second kappa shape index (κ2) is 6.02. The van der Waals surface area contributed by atoms with E-state index in [0.29, 0.717) is 10.5 Å². The van der Waals surface area contributed by atoms with Gasteiger partial charge in [0.1, 0.15) is 0 Å². The number of hydrogen-bond donors (Lipinski definition) is 0. The standard InChI is InChI=1S/C18H22N4OS/c1-10(2)22-13(5)9-14(20-22)17(23)19-18-21(6)15-11(3)7-8-12(4)16(15)24-18/h7-10H,1-6H3. The maximum atomic E-state index is 12.6. The molecule has 0 bridgehead atoms. The van der Waals surface area contributed by atoms with Gasteiger partial charge >= 0.3 is 0 Å². The first-order valence-electron chi connectivity index (χ1n) is 8.00. The molecular formula is C18H22N4OS. The maximum absolute atomic E-state index is 12.6. The fraction of sp³-hybridized carbons (Fsp3) is 0.389. The molecule has 0 unspecified atom stereocenters. The van der Waals surface area contributed by atoms with Crippen molar-refractivity contribution in [2.75, 3.05) is 0 Å². The van der Waals surface area contributed by atoms with Crippen molar-refractivity contribution in [3.8, 4) is 0 Å². The lowest BCUT2D eigenvalue weighted by atomic mass is 10.1. The molecule has 0 atom stereocenters. The van der Waals surface area contributed by atoms with Crippen molar-refractivity contribution in [3.63, 3.8) is 0 Å². The third-order valence-corrected chi connectivity index (χ3v) is 5.44. The van der Waals surface area contributed by atoms with Crippen molar-refractivity contribution in [2.45, 2.75) is 40.7 Å². The highest BCUT2D eigenvalue weighted by atomic mass is 32.1. The van der Waals surface area contributed by atoms with Gasteiger partial charge in [0, 0.05) is 18.8 Å².